The first-order valence-electron chi connectivity index (χ1n) is 5.24. The molecule has 0 fully saturated rings. The van der Waals surface area contributed by atoms with Crippen molar-refractivity contribution in [2.24, 2.45) is 0 Å². The molecule has 2 aromatic rings. The number of hydrogen-bond donors (Lipinski definition) is 0. The third kappa shape index (κ3) is 1.93. The van der Waals surface area contributed by atoms with Crippen LogP contribution in [0.5, 0.6) is 0 Å². The van der Waals surface area contributed by atoms with Crippen molar-refractivity contribution in [2.75, 3.05) is 0 Å². The van der Waals surface area contributed by atoms with Gasteiger partial charge in [-0.05, 0) is 30.7 Å². The summed E-state index contributed by atoms with van der Waals surface area (Å²) in [5.74, 6) is 0.878. The van der Waals surface area contributed by atoms with Crippen LogP contribution in [0.3, 0.4) is 0 Å². The van der Waals surface area contributed by atoms with E-state index in [2.05, 4.69) is 15.2 Å². The van der Waals surface area contributed by atoms with Crippen molar-refractivity contribution < 1.29 is 0 Å². The van der Waals surface area contributed by atoms with Gasteiger partial charge in [0, 0.05) is 12.6 Å². The Morgan fingerprint density at radius 2 is 2.19 bits per heavy atom. The van der Waals surface area contributed by atoms with Gasteiger partial charge in [-0.1, -0.05) is 13.0 Å². The third-order valence-corrected chi connectivity index (χ3v) is 2.80. The molecule has 0 saturated heterocycles. The summed E-state index contributed by atoms with van der Waals surface area (Å²) in [6.45, 7) is 4.07. The normalized spacial score (nSPS) is 12.7. The third-order valence-electron chi connectivity index (χ3n) is 2.54. The predicted molar refractivity (Wildman–Crippen MR) is 62.5 cm³/mol. The van der Waals surface area contributed by atoms with E-state index in [1.165, 1.54) is 0 Å². The van der Waals surface area contributed by atoms with E-state index in [1.807, 2.05) is 36.6 Å². The summed E-state index contributed by atoms with van der Waals surface area (Å²) in [5, 5.41) is 8.33. The van der Waals surface area contributed by atoms with Crippen molar-refractivity contribution in [3.05, 3.63) is 41.2 Å². The Bertz CT molecular complexity index is 466. The summed E-state index contributed by atoms with van der Waals surface area (Å²) in [5.41, 5.74) is 0.957. The first-order valence-corrected chi connectivity index (χ1v) is 5.62. The minimum absolute atomic E-state index is 0.0543. The zero-order chi connectivity index (χ0) is 11.5. The summed E-state index contributed by atoms with van der Waals surface area (Å²) in [6.07, 6.45) is 2.58. The van der Waals surface area contributed by atoms with Crippen LogP contribution in [0.2, 0.25) is 5.28 Å². The SMILES string of the molecule is CCc1nnc(Cl)n1C(C)c1ccccn1. The van der Waals surface area contributed by atoms with E-state index < -0.39 is 0 Å². The second-order valence-electron chi connectivity index (χ2n) is 3.54. The van der Waals surface area contributed by atoms with Crippen LogP contribution < -0.4 is 0 Å². The standard InChI is InChI=1S/C11H13ClN4/c1-3-10-14-15-11(12)16(10)8(2)9-6-4-5-7-13-9/h4-8H,3H2,1-2H3. The minimum Gasteiger partial charge on any atom is -0.293 e. The number of aryl methyl sites for hydroxylation is 1. The van der Waals surface area contributed by atoms with Gasteiger partial charge in [0.1, 0.15) is 5.82 Å². The summed E-state index contributed by atoms with van der Waals surface area (Å²) in [7, 11) is 0. The molecule has 1 unspecified atom stereocenters. The molecular weight excluding hydrogens is 224 g/mol. The average molecular weight is 237 g/mol. The molecule has 0 aromatic carbocycles. The van der Waals surface area contributed by atoms with E-state index in [9.17, 15) is 0 Å². The smallest absolute Gasteiger partial charge is 0.225 e. The van der Waals surface area contributed by atoms with Crippen LogP contribution >= 0.6 is 11.6 Å². The average Bonchev–Trinajstić information content (AvgIpc) is 2.70. The highest BCUT2D eigenvalue weighted by Gasteiger charge is 2.16. The van der Waals surface area contributed by atoms with Crippen molar-refractivity contribution in [1.82, 2.24) is 19.7 Å². The van der Waals surface area contributed by atoms with Gasteiger partial charge in [0.15, 0.2) is 0 Å². The monoisotopic (exact) mass is 236 g/mol. The molecule has 1 atom stereocenters. The van der Waals surface area contributed by atoms with Crippen LogP contribution in [0.4, 0.5) is 0 Å². The van der Waals surface area contributed by atoms with E-state index in [0.29, 0.717) is 5.28 Å². The fourth-order valence-corrected chi connectivity index (χ4v) is 1.96. The lowest BCUT2D eigenvalue weighted by Gasteiger charge is -2.15. The summed E-state index contributed by atoms with van der Waals surface area (Å²) >= 11 is 6.03. The van der Waals surface area contributed by atoms with E-state index >= 15 is 0 Å². The Labute approximate surface area is 99.3 Å². The largest absolute Gasteiger partial charge is 0.293 e. The summed E-state index contributed by atoms with van der Waals surface area (Å²) in [4.78, 5) is 4.32. The van der Waals surface area contributed by atoms with Crippen molar-refractivity contribution in [2.45, 2.75) is 26.3 Å². The molecule has 0 amide bonds. The van der Waals surface area contributed by atoms with Crippen molar-refractivity contribution in [3.63, 3.8) is 0 Å². The van der Waals surface area contributed by atoms with Crippen LogP contribution in [0.1, 0.15) is 31.4 Å². The zero-order valence-electron chi connectivity index (χ0n) is 9.26. The second-order valence-corrected chi connectivity index (χ2v) is 3.88. The molecule has 0 bridgehead atoms. The number of halogens is 1. The number of pyridine rings is 1. The lowest BCUT2D eigenvalue weighted by Crippen LogP contribution is -2.11. The fraction of sp³-hybridized carbons (Fsp3) is 0.364. The summed E-state index contributed by atoms with van der Waals surface area (Å²) < 4.78 is 1.91. The molecular formula is C11H13ClN4. The number of rotatable bonds is 3. The Balaban J connectivity index is 2.41. The molecule has 0 saturated carbocycles. The van der Waals surface area contributed by atoms with Crippen LogP contribution in [0.25, 0.3) is 0 Å². The van der Waals surface area contributed by atoms with Gasteiger partial charge < -0.3 is 0 Å². The quantitative estimate of drug-likeness (QED) is 0.823. The Kier molecular flexibility index (Phi) is 3.19. The van der Waals surface area contributed by atoms with Gasteiger partial charge in [0.25, 0.3) is 0 Å². The number of hydrogen-bond acceptors (Lipinski definition) is 3. The van der Waals surface area contributed by atoms with Gasteiger partial charge in [-0.25, -0.2) is 0 Å². The molecule has 16 heavy (non-hydrogen) atoms. The molecule has 2 rings (SSSR count). The lowest BCUT2D eigenvalue weighted by atomic mass is 10.2. The highest BCUT2D eigenvalue weighted by atomic mass is 35.5. The highest BCUT2D eigenvalue weighted by Crippen LogP contribution is 2.21. The van der Waals surface area contributed by atoms with E-state index in [0.717, 1.165) is 17.9 Å². The maximum Gasteiger partial charge on any atom is 0.225 e. The molecule has 0 aliphatic heterocycles. The first kappa shape index (κ1) is 11.1. The van der Waals surface area contributed by atoms with Crippen molar-refractivity contribution >= 4 is 11.6 Å². The lowest BCUT2D eigenvalue weighted by molar-refractivity contribution is 0.591. The van der Waals surface area contributed by atoms with Crippen LogP contribution in [-0.2, 0) is 6.42 Å². The molecule has 0 radical (unpaired) electrons. The van der Waals surface area contributed by atoms with Crippen molar-refractivity contribution in [1.29, 1.82) is 0 Å². The number of aromatic nitrogens is 4. The highest BCUT2D eigenvalue weighted by molar-refractivity contribution is 6.28. The van der Waals surface area contributed by atoms with Gasteiger partial charge in [-0.2, -0.15) is 0 Å². The van der Waals surface area contributed by atoms with Gasteiger partial charge >= 0.3 is 0 Å². The fourth-order valence-electron chi connectivity index (χ4n) is 1.68. The topological polar surface area (TPSA) is 43.6 Å². The van der Waals surface area contributed by atoms with E-state index in [-0.39, 0.29) is 6.04 Å². The van der Waals surface area contributed by atoms with Gasteiger partial charge in [0.2, 0.25) is 5.28 Å². The minimum atomic E-state index is 0.0543. The molecule has 0 N–H and O–H groups in total. The van der Waals surface area contributed by atoms with Crippen molar-refractivity contribution in [3.8, 4) is 0 Å². The number of nitrogens with zero attached hydrogens (tertiary/aromatic N) is 4. The van der Waals surface area contributed by atoms with Gasteiger partial charge in [-0.15, -0.1) is 10.2 Å². The van der Waals surface area contributed by atoms with E-state index in [1.54, 1.807) is 6.20 Å². The molecule has 5 heteroatoms. The van der Waals surface area contributed by atoms with Crippen LogP contribution in [0, 0.1) is 0 Å². The molecule has 0 aliphatic carbocycles. The zero-order valence-corrected chi connectivity index (χ0v) is 10.0. The van der Waals surface area contributed by atoms with Crippen LogP contribution in [-0.4, -0.2) is 19.7 Å². The molecule has 84 valence electrons. The molecule has 2 aromatic heterocycles. The Morgan fingerprint density at radius 3 is 2.81 bits per heavy atom. The molecule has 4 nitrogen and oxygen atoms in total. The second kappa shape index (κ2) is 4.61. The predicted octanol–water partition coefficient (Wildman–Crippen LogP) is 2.50. The van der Waals surface area contributed by atoms with Gasteiger partial charge in [0.05, 0.1) is 11.7 Å². The Hall–Kier alpha value is -1.42. The van der Waals surface area contributed by atoms with E-state index in [4.69, 9.17) is 11.6 Å². The molecule has 0 spiro atoms. The molecule has 2 heterocycles. The Morgan fingerprint density at radius 1 is 1.38 bits per heavy atom. The van der Waals surface area contributed by atoms with Gasteiger partial charge in [-0.3, -0.25) is 9.55 Å². The maximum absolute atomic E-state index is 6.03. The summed E-state index contributed by atoms with van der Waals surface area (Å²) in [6, 6.07) is 5.88. The molecule has 0 aliphatic rings. The van der Waals surface area contributed by atoms with Crippen LogP contribution in [0.15, 0.2) is 24.4 Å². The first-order chi connectivity index (χ1) is 7.74. The maximum atomic E-state index is 6.03.